The summed E-state index contributed by atoms with van der Waals surface area (Å²) in [7, 11) is 3.97. The van der Waals surface area contributed by atoms with Crippen LogP contribution < -0.4 is 10.6 Å². The van der Waals surface area contributed by atoms with E-state index in [0.717, 1.165) is 38.7 Å². The highest BCUT2D eigenvalue weighted by atomic mass is 127. The summed E-state index contributed by atoms with van der Waals surface area (Å²) in [6.45, 7) is 4.53. The van der Waals surface area contributed by atoms with Crippen LogP contribution in [0.25, 0.3) is 0 Å². The number of nitrogens with one attached hydrogen (secondary N) is 2. The predicted octanol–water partition coefficient (Wildman–Crippen LogP) is 2.22. The van der Waals surface area contributed by atoms with Gasteiger partial charge in [0.2, 0.25) is 0 Å². The fourth-order valence-corrected chi connectivity index (χ4v) is 3.64. The van der Waals surface area contributed by atoms with Crippen LogP contribution in [0.3, 0.4) is 0 Å². The molecule has 5 nitrogen and oxygen atoms in total. The first-order valence-corrected chi connectivity index (χ1v) is 9.02. The van der Waals surface area contributed by atoms with Gasteiger partial charge in [0.05, 0.1) is 12.7 Å². The van der Waals surface area contributed by atoms with E-state index < -0.39 is 0 Å². The topological polar surface area (TPSA) is 48.9 Å². The second-order valence-corrected chi connectivity index (χ2v) is 7.06. The molecule has 0 bridgehead atoms. The third-order valence-electron chi connectivity index (χ3n) is 5.35. The average Bonchev–Trinajstić information content (AvgIpc) is 2.57. The van der Waals surface area contributed by atoms with Gasteiger partial charge in [-0.1, -0.05) is 36.8 Å². The van der Waals surface area contributed by atoms with E-state index in [4.69, 9.17) is 4.74 Å². The molecule has 1 atom stereocenters. The Hall–Kier alpha value is -0.860. The van der Waals surface area contributed by atoms with Crippen molar-refractivity contribution in [3.05, 3.63) is 35.9 Å². The number of morpholine rings is 1. The molecule has 1 heterocycles. The van der Waals surface area contributed by atoms with Gasteiger partial charge in [0, 0.05) is 38.6 Å². The quantitative estimate of drug-likeness (QED) is 0.404. The second kappa shape index (κ2) is 9.73. The van der Waals surface area contributed by atoms with Crippen LogP contribution in [0.1, 0.15) is 24.8 Å². The number of halogens is 1. The molecule has 25 heavy (non-hydrogen) atoms. The van der Waals surface area contributed by atoms with Crippen LogP contribution >= 0.6 is 24.0 Å². The van der Waals surface area contributed by atoms with E-state index in [9.17, 15) is 0 Å². The first-order chi connectivity index (χ1) is 11.7. The number of rotatable bonds is 5. The molecule has 1 saturated heterocycles. The van der Waals surface area contributed by atoms with Gasteiger partial charge in [0.15, 0.2) is 5.96 Å². The number of likely N-dealkylation sites (N-methyl/N-ethyl adjacent to an activating group) is 1. The smallest absolute Gasteiger partial charge is 0.191 e. The Morgan fingerprint density at radius 1 is 1.28 bits per heavy atom. The SMILES string of the molecule is CN=C(NCC1CN(C)CCO1)NCC1(c2ccccc2)CCC1.I. The molecular weight excluding hydrogens is 427 g/mol. The number of guanidine groups is 1. The zero-order chi connectivity index (χ0) is 16.8. The summed E-state index contributed by atoms with van der Waals surface area (Å²) in [6, 6.07) is 10.9. The zero-order valence-corrected chi connectivity index (χ0v) is 17.7. The van der Waals surface area contributed by atoms with Gasteiger partial charge < -0.3 is 20.3 Å². The van der Waals surface area contributed by atoms with Gasteiger partial charge in [0.1, 0.15) is 0 Å². The molecule has 1 saturated carbocycles. The number of aliphatic imine (C=N–C) groups is 1. The molecule has 0 aromatic heterocycles. The van der Waals surface area contributed by atoms with E-state index in [2.05, 4.69) is 57.9 Å². The van der Waals surface area contributed by atoms with Crippen molar-refractivity contribution in [2.24, 2.45) is 4.99 Å². The highest BCUT2D eigenvalue weighted by Crippen LogP contribution is 2.43. The molecule has 1 unspecified atom stereocenters. The lowest BCUT2D eigenvalue weighted by molar-refractivity contribution is -0.0161. The van der Waals surface area contributed by atoms with E-state index in [1.807, 2.05) is 7.05 Å². The maximum absolute atomic E-state index is 5.80. The van der Waals surface area contributed by atoms with Crippen LogP contribution in [0.5, 0.6) is 0 Å². The van der Waals surface area contributed by atoms with Gasteiger partial charge in [-0.15, -0.1) is 24.0 Å². The molecule has 1 aromatic rings. The average molecular weight is 458 g/mol. The lowest BCUT2D eigenvalue weighted by Gasteiger charge is -2.43. The number of nitrogens with zero attached hydrogens (tertiary/aromatic N) is 2. The summed E-state index contributed by atoms with van der Waals surface area (Å²) < 4.78 is 5.80. The summed E-state index contributed by atoms with van der Waals surface area (Å²) in [5, 5.41) is 6.95. The monoisotopic (exact) mass is 458 g/mol. The Kier molecular flexibility index (Phi) is 7.96. The third kappa shape index (κ3) is 5.31. The molecule has 1 aliphatic heterocycles. The highest BCUT2D eigenvalue weighted by Gasteiger charge is 2.38. The van der Waals surface area contributed by atoms with Crippen molar-refractivity contribution in [1.29, 1.82) is 0 Å². The number of ether oxygens (including phenoxy) is 1. The molecule has 0 radical (unpaired) electrons. The molecule has 140 valence electrons. The van der Waals surface area contributed by atoms with Gasteiger partial charge in [-0.3, -0.25) is 4.99 Å². The molecule has 1 aromatic carbocycles. The minimum atomic E-state index is 0. The molecule has 2 N–H and O–H groups in total. The fourth-order valence-electron chi connectivity index (χ4n) is 3.64. The van der Waals surface area contributed by atoms with Crippen LogP contribution in [0.2, 0.25) is 0 Å². The molecule has 2 aliphatic rings. The van der Waals surface area contributed by atoms with Crippen molar-refractivity contribution in [3.8, 4) is 0 Å². The first-order valence-electron chi connectivity index (χ1n) is 9.02. The van der Waals surface area contributed by atoms with Crippen molar-refractivity contribution >= 4 is 29.9 Å². The van der Waals surface area contributed by atoms with Gasteiger partial charge in [0.25, 0.3) is 0 Å². The number of hydrogen-bond acceptors (Lipinski definition) is 3. The van der Waals surface area contributed by atoms with Gasteiger partial charge in [-0.05, 0) is 25.5 Å². The van der Waals surface area contributed by atoms with E-state index in [1.54, 1.807) is 0 Å². The lowest BCUT2D eigenvalue weighted by Crippen LogP contribution is -2.51. The lowest BCUT2D eigenvalue weighted by atomic mass is 9.64. The van der Waals surface area contributed by atoms with Crippen LogP contribution in [0, 0.1) is 0 Å². The predicted molar refractivity (Wildman–Crippen MR) is 114 cm³/mol. The van der Waals surface area contributed by atoms with Gasteiger partial charge >= 0.3 is 0 Å². The van der Waals surface area contributed by atoms with Crippen LogP contribution in [-0.2, 0) is 10.2 Å². The summed E-state index contributed by atoms with van der Waals surface area (Å²) in [5.41, 5.74) is 1.71. The van der Waals surface area contributed by atoms with Crippen LogP contribution in [0.4, 0.5) is 0 Å². The second-order valence-electron chi connectivity index (χ2n) is 7.06. The number of benzene rings is 1. The molecule has 1 aliphatic carbocycles. The largest absolute Gasteiger partial charge is 0.374 e. The van der Waals surface area contributed by atoms with Crippen molar-refractivity contribution in [3.63, 3.8) is 0 Å². The summed E-state index contributed by atoms with van der Waals surface area (Å²) in [6.07, 6.45) is 4.04. The van der Waals surface area contributed by atoms with E-state index in [-0.39, 0.29) is 35.5 Å². The number of hydrogen-bond donors (Lipinski definition) is 2. The minimum absolute atomic E-state index is 0. The molecular formula is C19H31IN4O. The highest BCUT2D eigenvalue weighted by molar-refractivity contribution is 14.0. The van der Waals surface area contributed by atoms with Crippen molar-refractivity contribution in [2.45, 2.75) is 30.8 Å². The molecule has 6 heteroatoms. The third-order valence-corrected chi connectivity index (χ3v) is 5.35. The maximum Gasteiger partial charge on any atom is 0.191 e. The Morgan fingerprint density at radius 2 is 2.04 bits per heavy atom. The van der Waals surface area contributed by atoms with Crippen molar-refractivity contribution in [2.75, 3.05) is 46.9 Å². The zero-order valence-electron chi connectivity index (χ0n) is 15.3. The Bertz CT molecular complexity index is 548. The van der Waals surface area contributed by atoms with E-state index in [1.165, 1.54) is 24.8 Å². The standard InChI is InChI=1S/C19H30N4O.HI/c1-20-18(21-13-17-14-23(2)11-12-24-17)22-15-19(9-6-10-19)16-7-4-3-5-8-16;/h3-5,7-8,17H,6,9-15H2,1-2H3,(H2,20,21,22);1H. The fraction of sp³-hybridized carbons (Fsp3) is 0.632. The van der Waals surface area contributed by atoms with Crippen molar-refractivity contribution < 1.29 is 4.74 Å². The Balaban J connectivity index is 0.00000225. The van der Waals surface area contributed by atoms with E-state index in [0.29, 0.717) is 0 Å². The van der Waals surface area contributed by atoms with Gasteiger partial charge in [-0.2, -0.15) is 0 Å². The first kappa shape index (κ1) is 20.5. The summed E-state index contributed by atoms with van der Waals surface area (Å²) in [4.78, 5) is 6.68. The maximum atomic E-state index is 5.80. The Morgan fingerprint density at radius 3 is 2.64 bits per heavy atom. The molecule has 2 fully saturated rings. The molecule has 0 spiro atoms. The Labute approximate surface area is 168 Å². The summed E-state index contributed by atoms with van der Waals surface area (Å²) >= 11 is 0. The minimum Gasteiger partial charge on any atom is -0.374 e. The van der Waals surface area contributed by atoms with Crippen LogP contribution in [0.15, 0.2) is 35.3 Å². The normalized spacial score (nSPS) is 23.3. The van der Waals surface area contributed by atoms with Gasteiger partial charge in [-0.25, -0.2) is 0 Å². The van der Waals surface area contributed by atoms with E-state index >= 15 is 0 Å². The van der Waals surface area contributed by atoms with Crippen LogP contribution in [-0.4, -0.2) is 63.8 Å². The van der Waals surface area contributed by atoms with Crippen molar-refractivity contribution in [1.82, 2.24) is 15.5 Å². The molecule has 0 amide bonds. The summed E-state index contributed by atoms with van der Waals surface area (Å²) in [5.74, 6) is 0.869. The molecule has 3 rings (SSSR count).